The van der Waals surface area contributed by atoms with Gasteiger partial charge in [-0.25, -0.2) is 4.79 Å². The van der Waals surface area contributed by atoms with Crippen LogP contribution < -0.4 is 5.32 Å². The van der Waals surface area contributed by atoms with E-state index in [1.54, 1.807) is 0 Å². The third-order valence-electron chi connectivity index (χ3n) is 3.74. The lowest BCUT2D eigenvalue weighted by Crippen LogP contribution is -2.46. The molecule has 1 aliphatic carbocycles. The normalized spacial score (nSPS) is 18.0. The van der Waals surface area contributed by atoms with Crippen LogP contribution >= 0.6 is 0 Å². The van der Waals surface area contributed by atoms with Gasteiger partial charge < -0.3 is 10.4 Å². The first-order chi connectivity index (χ1) is 9.55. The Morgan fingerprint density at radius 1 is 1.35 bits per heavy atom. The molecule has 20 heavy (non-hydrogen) atoms. The van der Waals surface area contributed by atoms with Crippen molar-refractivity contribution in [3.63, 3.8) is 0 Å². The van der Waals surface area contributed by atoms with E-state index >= 15 is 0 Å². The minimum atomic E-state index is -1.12. The average Bonchev–Trinajstić information content (AvgIpc) is 2.66. The first-order valence-electron chi connectivity index (χ1n) is 6.65. The lowest BCUT2D eigenvalue weighted by molar-refractivity contribution is -0.384. The van der Waals surface area contributed by atoms with E-state index in [0.29, 0.717) is 12.8 Å². The van der Waals surface area contributed by atoms with Gasteiger partial charge >= 0.3 is 11.7 Å². The monoisotopic (exact) mass is 279 g/mol. The van der Waals surface area contributed by atoms with E-state index in [1.807, 2.05) is 0 Å². The number of anilines is 1. The Bertz CT molecular complexity index is 510. The summed E-state index contributed by atoms with van der Waals surface area (Å²) in [5, 5.41) is 23.4. The molecular formula is C13H17N3O4. The van der Waals surface area contributed by atoms with Gasteiger partial charge in [-0.2, -0.15) is 0 Å². The number of carboxylic acid groups (broad SMARTS) is 1. The van der Waals surface area contributed by atoms with Gasteiger partial charge in [-0.15, -0.1) is 0 Å². The third kappa shape index (κ3) is 2.87. The van der Waals surface area contributed by atoms with Gasteiger partial charge in [-0.1, -0.05) is 25.7 Å². The predicted octanol–water partition coefficient (Wildman–Crippen LogP) is 2.58. The number of nitro groups is 1. The quantitative estimate of drug-likeness (QED) is 0.498. The highest BCUT2D eigenvalue weighted by atomic mass is 16.6. The number of nitrogens with one attached hydrogen (secondary N) is 1. The van der Waals surface area contributed by atoms with E-state index in [4.69, 9.17) is 0 Å². The van der Waals surface area contributed by atoms with Crippen molar-refractivity contribution in [3.05, 3.63) is 28.6 Å². The molecule has 7 heteroatoms. The number of hydrogen-bond donors (Lipinski definition) is 2. The van der Waals surface area contributed by atoms with Crippen molar-refractivity contribution in [2.45, 2.75) is 44.1 Å². The second-order valence-electron chi connectivity index (χ2n) is 5.08. The van der Waals surface area contributed by atoms with E-state index in [1.165, 1.54) is 12.3 Å². The van der Waals surface area contributed by atoms with Crippen LogP contribution in [0.5, 0.6) is 0 Å². The Labute approximate surface area is 116 Å². The number of pyridine rings is 1. The summed E-state index contributed by atoms with van der Waals surface area (Å²) in [5.74, 6) is -0.953. The molecule has 1 heterocycles. The van der Waals surface area contributed by atoms with Crippen molar-refractivity contribution in [2.24, 2.45) is 0 Å². The molecule has 7 nitrogen and oxygen atoms in total. The van der Waals surface area contributed by atoms with Crippen molar-refractivity contribution in [1.82, 2.24) is 4.98 Å². The van der Waals surface area contributed by atoms with Crippen LogP contribution in [0.2, 0.25) is 0 Å². The Morgan fingerprint density at radius 2 is 2.00 bits per heavy atom. The van der Waals surface area contributed by atoms with E-state index in [0.717, 1.165) is 31.9 Å². The highest BCUT2D eigenvalue weighted by Crippen LogP contribution is 2.33. The summed E-state index contributed by atoms with van der Waals surface area (Å²) in [5.41, 5.74) is -1.10. The number of carbonyl (C=O) groups is 1. The number of hydrogen-bond acceptors (Lipinski definition) is 5. The number of carboxylic acids is 1. The predicted molar refractivity (Wildman–Crippen MR) is 72.6 cm³/mol. The van der Waals surface area contributed by atoms with Crippen LogP contribution in [0.4, 0.5) is 11.4 Å². The average molecular weight is 279 g/mol. The van der Waals surface area contributed by atoms with Gasteiger partial charge in [-0.3, -0.25) is 15.1 Å². The molecule has 0 aliphatic heterocycles. The molecule has 0 unspecified atom stereocenters. The fourth-order valence-electron chi connectivity index (χ4n) is 2.62. The fourth-order valence-corrected chi connectivity index (χ4v) is 2.62. The molecule has 0 radical (unpaired) electrons. The van der Waals surface area contributed by atoms with Gasteiger partial charge in [0.25, 0.3) is 0 Å². The Balaban J connectivity index is 2.33. The zero-order chi connectivity index (χ0) is 14.6. The molecule has 1 aliphatic rings. The summed E-state index contributed by atoms with van der Waals surface area (Å²) >= 11 is 0. The summed E-state index contributed by atoms with van der Waals surface area (Å²) in [6, 6.07) is 1.45. The Morgan fingerprint density at radius 3 is 2.55 bits per heavy atom. The highest BCUT2D eigenvalue weighted by Gasteiger charge is 2.39. The third-order valence-corrected chi connectivity index (χ3v) is 3.74. The Hall–Kier alpha value is -2.18. The van der Waals surface area contributed by atoms with E-state index in [2.05, 4.69) is 10.3 Å². The van der Waals surface area contributed by atoms with Crippen LogP contribution in [0, 0.1) is 10.1 Å². The van der Waals surface area contributed by atoms with Crippen LogP contribution in [-0.2, 0) is 4.79 Å². The van der Waals surface area contributed by atoms with E-state index < -0.39 is 16.4 Å². The second-order valence-corrected chi connectivity index (χ2v) is 5.08. The SMILES string of the molecule is O=C(O)C1(Nc2ccncc2[N+](=O)[O-])CCCCCC1. The molecule has 0 amide bonds. The number of aliphatic carboxylic acids is 1. The van der Waals surface area contributed by atoms with Crippen molar-refractivity contribution < 1.29 is 14.8 Å². The molecule has 1 saturated carbocycles. The van der Waals surface area contributed by atoms with Crippen molar-refractivity contribution in [1.29, 1.82) is 0 Å². The van der Waals surface area contributed by atoms with E-state index in [-0.39, 0.29) is 11.4 Å². The number of rotatable bonds is 4. The van der Waals surface area contributed by atoms with Gasteiger partial charge in [-0.05, 0) is 18.9 Å². The largest absolute Gasteiger partial charge is 0.480 e. The molecule has 0 bridgehead atoms. The van der Waals surface area contributed by atoms with Crippen LogP contribution in [0.15, 0.2) is 18.5 Å². The lowest BCUT2D eigenvalue weighted by Gasteiger charge is -2.30. The van der Waals surface area contributed by atoms with Crippen molar-refractivity contribution in [2.75, 3.05) is 5.32 Å². The molecule has 0 atom stereocenters. The number of nitrogens with zero attached hydrogens (tertiary/aromatic N) is 2. The molecule has 2 rings (SSSR count). The summed E-state index contributed by atoms with van der Waals surface area (Å²) in [6.07, 6.45) is 7.10. The summed E-state index contributed by atoms with van der Waals surface area (Å²) in [7, 11) is 0. The summed E-state index contributed by atoms with van der Waals surface area (Å²) in [4.78, 5) is 25.8. The standard InChI is InChI=1S/C13H17N3O4/c17-12(18)13(6-3-1-2-4-7-13)15-10-5-8-14-9-11(10)16(19)20/h5,8-9H,1-4,6-7H2,(H,14,15)(H,17,18). The highest BCUT2D eigenvalue weighted by molar-refractivity contribution is 5.84. The first kappa shape index (κ1) is 14.2. The van der Waals surface area contributed by atoms with Crippen LogP contribution in [0.1, 0.15) is 38.5 Å². The smallest absolute Gasteiger partial charge is 0.329 e. The minimum Gasteiger partial charge on any atom is -0.480 e. The molecular weight excluding hydrogens is 262 g/mol. The maximum Gasteiger partial charge on any atom is 0.329 e. The second kappa shape index (κ2) is 5.85. The lowest BCUT2D eigenvalue weighted by atomic mass is 9.90. The Kier molecular flexibility index (Phi) is 4.16. The zero-order valence-electron chi connectivity index (χ0n) is 11.0. The minimum absolute atomic E-state index is 0.197. The molecule has 0 aromatic carbocycles. The van der Waals surface area contributed by atoms with Gasteiger partial charge in [0.15, 0.2) is 0 Å². The summed E-state index contributed by atoms with van der Waals surface area (Å²) in [6.45, 7) is 0. The van der Waals surface area contributed by atoms with Gasteiger partial charge in [0.1, 0.15) is 17.4 Å². The molecule has 1 aromatic rings. The molecule has 0 saturated heterocycles. The van der Waals surface area contributed by atoms with Crippen LogP contribution in [-0.4, -0.2) is 26.5 Å². The van der Waals surface area contributed by atoms with Crippen LogP contribution in [0.3, 0.4) is 0 Å². The van der Waals surface area contributed by atoms with Gasteiger partial charge in [0, 0.05) is 6.20 Å². The number of aromatic nitrogens is 1. The van der Waals surface area contributed by atoms with Gasteiger partial charge in [0.2, 0.25) is 0 Å². The fraction of sp³-hybridized carbons (Fsp3) is 0.538. The molecule has 1 fully saturated rings. The molecule has 2 N–H and O–H groups in total. The first-order valence-corrected chi connectivity index (χ1v) is 6.65. The van der Waals surface area contributed by atoms with E-state index in [9.17, 15) is 20.0 Å². The zero-order valence-corrected chi connectivity index (χ0v) is 11.0. The van der Waals surface area contributed by atoms with Crippen molar-refractivity contribution in [3.8, 4) is 0 Å². The summed E-state index contributed by atoms with van der Waals surface area (Å²) < 4.78 is 0. The maximum absolute atomic E-state index is 11.7. The molecule has 0 spiro atoms. The van der Waals surface area contributed by atoms with Crippen molar-refractivity contribution >= 4 is 17.3 Å². The molecule has 108 valence electrons. The molecule has 1 aromatic heterocycles. The van der Waals surface area contributed by atoms with Gasteiger partial charge in [0.05, 0.1) is 4.92 Å². The maximum atomic E-state index is 11.7. The topological polar surface area (TPSA) is 105 Å². The van der Waals surface area contributed by atoms with Crippen LogP contribution in [0.25, 0.3) is 0 Å².